The van der Waals surface area contributed by atoms with Crippen molar-refractivity contribution in [2.75, 3.05) is 0 Å². The van der Waals surface area contributed by atoms with Crippen molar-refractivity contribution in [3.8, 4) is 6.07 Å². The third-order valence-corrected chi connectivity index (χ3v) is 5.53. The third kappa shape index (κ3) is 7.16. The third-order valence-electron chi connectivity index (χ3n) is 5.53. The lowest BCUT2D eigenvalue weighted by molar-refractivity contribution is -0.125. The number of rotatable bonds is 12. The second-order valence-electron chi connectivity index (χ2n) is 7.99. The molecule has 1 saturated carbocycles. The predicted octanol–water partition coefficient (Wildman–Crippen LogP) is 4.96. The molecule has 1 aliphatic carbocycles. The van der Waals surface area contributed by atoms with Crippen molar-refractivity contribution in [3.05, 3.63) is 35.1 Å². The fourth-order valence-corrected chi connectivity index (χ4v) is 3.36. The minimum atomic E-state index is -1.04. The summed E-state index contributed by atoms with van der Waals surface area (Å²) in [6.45, 7) is 2.22. The van der Waals surface area contributed by atoms with E-state index >= 15 is 0 Å². The number of hydrogen-bond donors (Lipinski definition) is 2. The molecule has 0 heterocycles. The first-order valence-electron chi connectivity index (χ1n) is 10.8. The molecule has 2 N–H and O–H groups in total. The van der Waals surface area contributed by atoms with Crippen LogP contribution in [0.2, 0.25) is 0 Å². The van der Waals surface area contributed by atoms with Gasteiger partial charge in [-0.25, -0.2) is 4.39 Å². The monoisotopic (exact) mass is 401 g/mol. The lowest BCUT2D eigenvalue weighted by Crippen LogP contribution is -2.45. The van der Waals surface area contributed by atoms with Crippen molar-refractivity contribution < 1.29 is 14.0 Å². The number of nitriles is 1. The lowest BCUT2D eigenvalue weighted by Gasteiger charge is -2.11. The van der Waals surface area contributed by atoms with Crippen LogP contribution in [0.5, 0.6) is 0 Å². The number of nitrogens with zero attached hydrogens (tertiary/aromatic N) is 1. The van der Waals surface area contributed by atoms with Crippen molar-refractivity contribution >= 4 is 11.8 Å². The van der Waals surface area contributed by atoms with Crippen LogP contribution in [0, 0.1) is 22.6 Å². The number of hydrogen-bond acceptors (Lipinski definition) is 3. The van der Waals surface area contributed by atoms with Gasteiger partial charge in [0.05, 0.1) is 11.6 Å². The fourth-order valence-electron chi connectivity index (χ4n) is 3.36. The molecule has 0 aromatic heterocycles. The molecular formula is C23H32FN3O2. The smallest absolute Gasteiger partial charge is 0.271 e. The maximum atomic E-state index is 14.0. The molecule has 0 atom stereocenters. The molecule has 1 aromatic rings. The second kappa shape index (κ2) is 11.5. The summed E-state index contributed by atoms with van der Waals surface area (Å²) >= 11 is 0. The number of amides is 2. The van der Waals surface area contributed by atoms with Gasteiger partial charge in [-0.1, -0.05) is 64.4 Å². The Morgan fingerprint density at radius 2 is 1.66 bits per heavy atom. The van der Waals surface area contributed by atoms with Gasteiger partial charge in [0.2, 0.25) is 0 Å². The van der Waals surface area contributed by atoms with E-state index in [1.807, 2.05) is 6.07 Å². The van der Waals surface area contributed by atoms with Gasteiger partial charge < -0.3 is 0 Å². The molecule has 2 rings (SSSR count). The molecule has 29 heavy (non-hydrogen) atoms. The number of unbranched alkanes of at least 4 members (excludes halogenated alkanes) is 8. The number of halogens is 1. The molecule has 0 aliphatic heterocycles. The maximum absolute atomic E-state index is 14.0. The molecule has 6 heteroatoms. The number of hydrazine groups is 1. The molecular weight excluding hydrogens is 369 g/mol. The highest BCUT2D eigenvalue weighted by atomic mass is 19.1. The van der Waals surface area contributed by atoms with Gasteiger partial charge >= 0.3 is 0 Å². The van der Waals surface area contributed by atoms with Crippen LogP contribution in [0.1, 0.15) is 93.5 Å². The van der Waals surface area contributed by atoms with Crippen LogP contribution >= 0.6 is 0 Å². The summed E-state index contributed by atoms with van der Waals surface area (Å²) in [5, 5.41) is 8.99. The largest absolute Gasteiger partial charge is 0.272 e. The van der Waals surface area contributed by atoms with Crippen molar-refractivity contribution in [1.82, 2.24) is 10.9 Å². The first-order valence-corrected chi connectivity index (χ1v) is 10.8. The van der Waals surface area contributed by atoms with Crippen LogP contribution in [-0.4, -0.2) is 11.8 Å². The van der Waals surface area contributed by atoms with E-state index in [2.05, 4.69) is 17.8 Å². The van der Waals surface area contributed by atoms with Gasteiger partial charge in [0.25, 0.3) is 11.8 Å². The Morgan fingerprint density at radius 1 is 1.03 bits per heavy atom. The quantitative estimate of drug-likeness (QED) is 0.383. The number of carbonyl (C=O) groups excluding carboxylic acids is 2. The number of carbonyl (C=O) groups is 2. The van der Waals surface area contributed by atoms with E-state index in [0.29, 0.717) is 12.8 Å². The molecule has 1 fully saturated rings. The Kier molecular flexibility index (Phi) is 9.11. The normalized spacial score (nSPS) is 14.1. The van der Waals surface area contributed by atoms with E-state index in [9.17, 15) is 14.0 Å². The van der Waals surface area contributed by atoms with E-state index in [4.69, 9.17) is 5.26 Å². The SMILES string of the molecule is CCCCCCCCCCCc1ccc(F)c(C(=O)NNC(=O)C2(C#N)CC2)c1. The summed E-state index contributed by atoms with van der Waals surface area (Å²) in [6.07, 6.45) is 12.9. The molecule has 5 nitrogen and oxygen atoms in total. The Labute approximate surface area is 173 Å². The molecule has 0 bridgehead atoms. The highest BCUT2D eigenvalue weighted by Crippen LogP contribution is 2.44. The molecule has 0 saturated heterocycles. The molecule has 2 amide bonds. The van der Waals surface area contributed by atoms with Crippen molar-refractivity contribution in [2.45, 2.75) is 84.0 Å². The summed E-state index contributed by atoms with van der Waals surface area (Å²) < 4.78 is 14.0. The summed E-state index contributed by atoms with van der Waals surface area (Å²) in [6, 6.07) is 6.48. The van der Waals surface area contributed by atoms with Gasteiger partial charge in [-0.2, -0.15) is 5.26 Å². The van der Waals surface area contributed by atoms with Crippen LogP contribution in [0.3, 0.4) is 0 Å². The Hall–Kier alpha value is -2.42. The first-order chi connectivity index (χ1) is 14.0. The lowest BCUT2D eigenvalue weighted by atomic mass is 10.0. The summed E-state index contributed by atoms with van der Waals surface area (Å²) in [5.74, 6) is -1.88. The fraction of sp³-hybridized carbons (Fsp3) is 0.609. The summed E-state index contributed by atoms with van der Waals surface area (Å²) in [5.41, 5.74) is 4.23. The Bertz CT molecular complexity index is 738. The van der Waals surface area contributed by atoms with Gasteiger partial charge in [-0.3, -0.25) is 20.4 Å². The summed E-state index contributed by atoms with van der Waals surface area (Å²) in [4.78, 5) is 24.1. The average molecular weight is 402 g/mol. The molecule has 0 radical (unpaired) electrons. The minimum absolute atomic E-state index is 0.0967. The Balaban J connectivity index is 1.72. The first kappa shape index (κ1) is 22.9. The van der Waals surface area contributed by atoms with Gasteiger partial charge in [0, 0.05) is 0 Å². The van der Waals surface area contributed by atoms with Gasteiger partial charge in [0.1, 0.15) is 11.2 Å². The zero-order valence-corrected chi connectivity index (χ0v) is 17.4. The Morgan fingerprint density at radius 3 is 2.24 bits per heavy atom. The van der Waals surface area contributed by atoms with Gasteiger partial charge in [-0.15, -0.1) is 0 Å². The zero-order valence-electron chi connectivity index (χ0n) is 17.4. The molecule has 0 unspecified atom stereocenters. The van der Waals surface area contributed by atoms with Crippen LogP contribution in [0.15, 0.2) is 18.2 Å². The topological polar surface area (TPSA) is 82.0 Å². The molecule has 0 spiro atoms. The van der Waals surface area contributed by atoms with Crippen LogP contribution in [0.25, 0.3) is 0 Å². The average Bonchev–Trinajstić information content (AvgIpc) is 3.53. The number of nitrogens with one attached hydrogen (secondary N) is 2. The van der Waals surface area contributed by atoms with Crippen LogP contribution < -0.4 is 10.9 Å². The van der Waals surface area contributed by atoms with Crippen molar-refractivity contribution in [3.63, 3.8) is 0 Å². The second-order valence-corrected chi connectivity index (χ2v) is 7.99. The molecule has 1 aliphatic rings. The van der Waals surface area contributed by atoms with Crippen LogP contribution in [0.4, 0.5) is 4.39 Å². The molecule has 158 valence electrons. The highest BCUT2D eigenvalue weighted by Gasteiger charge is 2.50. The van der Waals surface area contributed by atoms with E-state index in [-0.39, 0.29) is 5.56 Å². The minimum Gasteiger partial charge on any atom is -0.271 e. The standard InChI is InChI=1S/C23H32FN3O2/c1-2-3-4-5-6-7-8-9-10-11-18-12-13-20(24)19(16-18)21(28)26-27-22(29)23(17-25)14-15-23/h12-13,16H,2-11,14-15H2,1H3,(H,26,28)(H,27,29). The highest BCUT2D eigenvalue weighted by molar-refractivity contribution is 5.97. The van der Waals surface area contributed by atoms with Gasteiger partial charge in [0.15, 0.2) is 0 Å². The van der Waals surface area contributed by atoms with Crippen LogP contribution in [-0.2, 0) is 11.2 Å². The van der Waals surface area contributed by atoms with Crippen molar-refractivity contribution in [2.24, 2.45) is 5.41 Å². The van der Waals surface area contributed by atoms with E-state index < -0.39 is 23.0 Å². The zero-order chi connectivity index (χ0) is 21.1. The molecule has 1 aromatic carbocycles. The van der Waals surface area contributed by atoms with Crippen molar-refractivity contribution in [1.29, 1.82) is 5.26 Å². The maximum Gasteiger partial charge on any atom is 0.272 e. The predicted molar refractivity (Wildman–Crippen MR) is 110 cm³/mol. The summed E-state index contributed by atoms with van der Waals surface area (Å²) in [7, 11) is 0. The van der Waals surface area contributed by atoms with E-state index in [1.165, 1.54) is 51.0 Å². The number of benzene rings is 1. The van der Waals surface area contributed by atoms with E-state index in [1.54, 1.807) is 12.1 Å². The number of aryl methyl sites for hydroxylation is 1. The van der Waals surface area contributed by atoms with Gasteiger partial charge in [-0.05, 0) is 43.4 Å². The van der Waals surface area contributed by atoms with E-state index in [0.717, 1.165) is 24.8 Å².